The molecule has 1 fully saturated rings. The fraction of sp³-hybridized carbons (Fsp3) is 0.611. The van der Waals surface area contributed by atoms with Crippen LogP contribution in [0.4, 0.5) is 4.39 Å². The molecule has 0 amide bonds. The Morgan fingerprint density at radius 3 is 2.62 bits per heavy atom. The molecular formula is C18H30FIN4. The van der Waals surface area contributed by atoms with E-state index in [0.717, 1.165) is 43.5 Å². The van der Waals surface area contributed by atoms with Crippen molar-refractivity contribution in [2.24, 2.45) is 10.9 Å². The Morgan fingerprint density at radius 1 is 1.25 bits per heavy atom. The second kappa shape index (κ2) is 11.6. The highest BCUT2D eigenvalue weighted by Crippen LogP contribution is 2.14. The summed E-state index contributed by atoms with van der Waals surface area (Å²) >= 11 is 0. The van der Waals surface area contributed by atoms with E-state index in [2.05, 4.69) is 27.4 Å². The minimum atomic E-state index is -0.189. The molecule has 1 aliphatic heterocycles. The summed E-state index contributed by atoms with van der Waals surface area (Å²) in [7, 11) is 1.79. The number of halogens is 2. The first kappa shape index (κ1) is 21.2. The summed E-state index contributed by atoms with van der Waals surface area (Å²) in [6.45, 7) is 7.49. The third kappa shape index (κ3) is 7.79. The van der Waals surface area contributed by atoms with Crippen molar-refractivity contribution < 1.29 is 4.39 Å². The van der Waals surface area contributed by atoms with Gasteiger partial charge in [-0.3, -0.25) is 4.99 Å². The number of nitrogens with zero attached hydrogens (tertiary/aromatic N) is 2. The lowest BCUT2D eigenvalue weighted by atomic mass is 10.0. The van der Waals surface area contributed by atoms with Crippen LogP contribution < -0.4 is 10.6 Å². The van der Waals surface area contributed by atoms with Gasteiger partial charge < -0.3 is 15.5 Å². The predicted molar refractivity (Wildman–Crippen MR) is 110 cm³/mol. The average Bonchev–Trinajstić information content (AvgIpc) is 2.55. The first-order valence-corrected chi connectivity index (χ1v) is 8.58. The Labute approximate surface area is 162 Å². The number of piperidine rings is 1. The minimum Gasteiger partial charge on any atom is -0.356 e. The molecule has 6 heteroatoms. The first-order chi connectivity index (χ1) is 11.2. The SMILES string of the molecule is CN=C(NCCc1ccc(F)cc1)NCCN1CCCC(C)C1.I. The van der Waals surface area contributed by atoms with Gasteiger partial charge in [0.2, 0.25) is 0 Å². The van der Waals surface area contributed by atoms with E-state index < -0.39 is 0 Å². The summed E-state index contributed by atoms with van der Waals surface area (Å²) < 4.78 is 12.9. The maximum Gasteiger partial charge on any atom is 0.191 e. The normalized spacial score (nSPS) is 18.8. The van der Waals surface area contributed by atoms with Crippen molar-refractivity contribution in [1.29, 1.82) is 0 Å². The molecule has 1 aromatic rings. The van der Waals surface area contributed by atoms with Crippen molar-refractivity contribution in [1.82, 2.24) is 15.5 Å². The summed E-state index contributed by atoms with van der Waals surface area (Å²) in [6.07, 6.45) is 3.52. The van der Waals surface area contributed by atoms with E-state index in [-0.39, 0.29) is 29.8 Å². The molecule has 1 aromatic carbocycles. The van der Waals surface area contributed by atoms with Crippen LogP contribution in [0.2, 0.25) is 0 Å². The molecule has 4 nitrogen and oxygen atoms in total. The Morgan fingerprint density at radius 2 is 1.96 bits per heavy atom. The molecule has 0 bridgehead atoms. The highest BCUT2D eigenvalue weighted by atomic mass is 127. The van der Waals surface area contributed by atoms with Gasteiger partial charge in [-0.1, -0.05) is 19.1 Å². The summed E-state index contributed by atoms with van der Waals surface area (Å²) in [6, 6.07) is 6.65. The zero-order valence-corrected chi connectivity index (χ0v) is 17.1. The molecule has 0 radical (unpaired) electrons. The topological polar surface area (TPSA) is 39.7 Å². The lowest BCUT2D eigenvalue weighted by molar-refractivity contribution is 0.187. The van der Waals surface area contributed by atoms with Gasteiger partial charge in [-0.05, 0) is 49.4 Å². The van der Waals surface area contributed by atoms with Gasteiger partial charge in [-0.25, -0.2) is 4.39 Å². The molecule has 1 saturated heterocycles. The molecule has 1 atom stereocenters. The van der Waals surface area contributed by atoms with Crippen LogP contribution in [0.15, 0.2) is 29.3 Å². The molecule has 1 heterocycles. The Balaban J connectivity index is 0.00000288. The van der Waals surface area contributed by atoms with Crippen molar-refractivity contribution in [3.05, 3.63) is 35.6 Å². The van der Waals surface area contributed by atoms with Crippen LogP contribution in [0.25, 0.3) is 0 Å². The van der Waals surface area contributed by atoms with Crippen molar-refractivity contribution in [3.63, 3.8) is 0 Å². The molecule has 2 rings (SSSR count). The molecule has 24 heavy (non-hydrogen) atoms. The van der Waals surface area contributed by atoms with Gasteiger partial charge in [-0.2, -0.15) is 0 Å². The smallest absolute Gasteiger partial charge is 0.191 e. The van der Waals surface area contributed by atoms with Crippen LogP contribution in [0.5, 0.6) is 0 Å². The van der Waals surface area contributed by atoms with Gasteiger partial charge in [0.15, 0.2) is 5.96 Å². The highest BCUT2D eigenvalue weighted by molar-refractivity contribution is 14.0. The molecule has 0 saturated carbocycles. The summed E-state index contributed by atoms with van der Waals surface area (Å²) in [4.78, 5) is 6.77. The van der Waals surface area contributed by atoms with Crippen molar-refractivity contribution >= 4 is 29.9 Å². The Kier molecular flexibility index (Phi) is 10.2. The number of nitrogens with one attached hydrogen (secondary N) is 2. The summed E-state index contributed by atoms with van der Waals surface area (Å²) in [5.74, 6) is 1.46. The third-order valence-corrected chi connectivity index (χ3v) is 4.30. The maximum atomic E-state index is 12.9. The zero-order valence-electron chi connectivity index (χ0n) is 14.7. The second-order valence-corrected chi connectivity index (χ2v) is 6.35. The zero-order chi connectivity index (χ0) is 16.5. The van der Waals surface area contributed by atoms with E-state index in [9.17, 15) is 4.39 Å². The number of aliphatic imine (C=N–C) groups is 1. The van der Waals surface area contributed by atoms with Gasteiger partial charge in [0.25, 0.3) is 0 Å². The van der Waals surface area contributed by atoms with E-state index in [0.29, 0.717) is 0 Å². The quantitative estimate of drug-likeness (QED) is 0.400. The number of hydrogen-bond donors (Lipinski definition) is 2. The van der Waals surface area contributed by atoms with E-state index in [1.807, 2.05) is 12.1 Å². The molecule has 136 valence electrons. The lowest BCUT2D eigenvalue weighted by Gasteiger charge is -2.30. The van der Waals surface area contributed by atoms with Crippen molar-refractivity contribution in [2.45, 2.75) is 26.2 Å². The van der Waals surface area contributed by atoms with Gasteiger partial charge in [0.1, 0.15) is 5.82 Å². The van der Waals surface area contributed by atoms with Crippen LogP contribution in [-0.2, 0) is 6.42 Å². The van der Waals surface area contributed by atoms with Gasteiger partial charge in [0, 0.05) is 33.2 Å². The number of guanidine groups is 1. The Hall–Kier alpha value is -0.890. The maximum absolute atomic E-state index is 12.9. The Bertz CT molecular complexity index is 492. The predicted octanol–water partition coefficient (Wildman–Crippen LogP) is 2.88. The number of hydrogen-bond acceptors (Lipinski definition) is 2. The summed E-state index contributed by atoms with van der Waals surface area (Å²) in [5, 5.41) is 6.67. The second-order valence-electron chi connectivity index (χ2n) is 6.35. The van der Waals surface area contributed by atoms with Crippen molar-refractivity contribution in [2.75, 3.05) is 39.8 Å². The van der Waals surface area contributed by atoms with E-state index >= 15 is 0 Å². The summed E-state index contributed by atoms with van der Waals surface area (Å²) in [5.41, 5.74) is 1.12. The van der Waals surface area contributed by atoms with E-state index in [4.69, 9.17) is 0 Å². The van der Waals surface area contributed by atoms with Crippen LogP contribution in [0, 0.1) is 11.7 Å². The number of likely N-dealkylation sites (tertiary alicyclic amines) is 1. The molecule has 0 aromatic heterocycles. The fourth-order valence-electron chi connectivity index (χ4n) is 3.02. The molecule has 0 spiro atoms. The van der Waals surface area contributed by atoms with Crippen LogP contribution in [0.1, 0.15) is 25.3 Å². The largest absolute Gasteiger partial charge is 0.356 e. The van der Waals surface area contributed by atoms with E-state index in [1.165, 1.54) is 38.1 Å². The fourth-order valence-corrected chi connectivity index (χ4v) is 3.02. The molecule has 2 N–H and O–H groups in total. The van der Waals surface area contributed by atoms with Crippen LogP contribution >= 0.6 is 24.0 Å². The number of benzene rings is 1. The lowest BCUT2D eigenvalue weighted by Crippen LogP contribution is -2.44. The van der Waals surface area contributed by atoms with Gasteiger partial charge in [0.05, 0.1) is 0 Å². The van der Waals surface area contributed by atoms with E-state index in [1.54, 1.807) is 7.05 Å². The standard InChI is InChI=1S/C18H29FN4.HI/c1-15-4-3-12-23(14-15)13-11-22-18(20-2)21-10-9-16-5-7-17(19)8-6-16;/h5-8,15H,3-4,9-14H2,1-2H3,(H2,20,21,22);1H. The molecule has 0 aliphatic carbocycles. The number of rotatable bonds is 6. The van der Waals surface area contributed by atoms with Crippen molar-refractivity contribution in [3.8, 4) is 0 Å². The molecule has 1 aliphatic rings. The average molecular weight is 448 g/mol. The first-order valence-electron chi connectivity index (χ1n) is 8.58. The van der Waals surface area contributed by atoms with Gasteiger partial charge >= 0.3 is 0 Å². The minimum absolute atomic E-state index is 0. The third-order valence-electron chi connectivity index (χ3n) is 4.30. The van der Waals surface area contributed by atoms with Crippen LogP contribution in [0.3, 0.4) is 0 Å². The van der Waals surface area contributed by atoms with Crippen LogP contribution in [-0.4, -0.2) is 50.6 Å². The highest BCUT2D eigenvalue weighted by Gasteiger charge is 2.15. The molecular weight excluding hydrogens is 418 g/mol. The van der Waals surface area contributed by atoms with Gasteiger partial charge in [-0.15, -0.1) is 24.0 Å². The monoisotopic (exact) mass is 448 g/mol. The molecule has 1 unspecified atom stereocenters.